The first-order valence-electron chi connectivity index (χ1n) is 12.4. The Morgan fingerprint density at radius 2 is 2.00 bits per heavy atom. The van der Waals surface area contributed by atoms with Crippen molar-refractivity contribution in [2.24, 2.45) is 0 Å². The third kappa shape index (κ3) is 3.76. The summed E-state index contributed by atoms with van der Waals surface area (Å²) >= 11 is 0. The van der Waals surface area contributed by atoms with Gasteiger partial charge >= 0.3 is 0 Å². The van der Waals surface area contributed by atoms with Gasteiger partial charge in [0.1, 0.15) is 5.65 Å². The maximum atomic E-state index is 5.89. The first kappa shape index (κ1) is 20.4. The molecule has 0 bridgehead atoms. The lowest BCUT2D eigenvalue weighted by atomic mass is 9.85. The third-order valence-corrected chi connectivity index (χ3v) is 7.87. The van der Waals surface area contributed by atoms with E-state index >= 15 is 0 Å². The third-order valence-electron chi connectivity index (χ3n) is 7.87. The fourth-order valence-corrected chi connectivity index (χ4v) is 6.01. The van der Waals surface area contributed by atoms with Gasteiger partial charge in [-0.1, -0.05) is 25.3 Å². The number of pyridine rings is 1. The quantitative estimate of drug-likeness (QED) is 0.621. The summed E-state index contributed by atoms with van der Waals surface area (Å²) < 4.78 is 5.89. The predicted octanol–water partition coefficient (Wildman–Crippen LogP) is 4.89. The monoisotopic (exact) mass is 430 g/mol. The smallest absolute Gasteiger partial charge is 0.137 e. The van der Waals surface area contributed by atoms with Crippen molar-refractivity contribution >= 4 is 11.0 Å². The number of nitrogens with one attached hydrogen (secondary N) is 2. The van der Waals surface area contributed by atoms with Crippen molar-refractivity contribution in [1.29, 1.82) is 0 Å². The Morgan fingerprint density at radius 1 is 1.09 bits per heavy atom. The summed E-state index contributed by atoms with van der Waals surface area (Å²) in [6.07, 6.45) is 12.1. The molecule has 3 aromatic rings. The number of aromatic amines is 1. The lowest BCUT2D eigenvalue weighted by Gasteiger charge is -2.39. The average Bonchev–Trinajstić information content (AvgIpc) is 3.24. The molecule has 6 rings (SSSR count). The highest BCUT2D eigenvalue weighted by atomic mass is 16.5. The standard InChI is InChI=1S/C27H34N4O/c1-18-14-29-27-23(18)13-21(15-30-27)20-11-19-7-9-31(22-5-3-2-4-6-22)16-25(19)24(12-20)26-17-32-10-8-28-26/h11-15,22,26,28H,2-10,16-17H2,1H3,(H,29,30). The van der Waals surface area contributed by atoms with Crippen molar-refractivity contribution in [3.63, 3.8) is 0 Å². The zero-order valence-electron chi connectivity index (χ0n) is 19.1. The fraction of sp³-hybridized carbons (Fsp3) is 0.519. The second-order valence-electron chi connectivity index (χ2n) is 9.89. The normalized spacial score (nSPS) is 22.8. The first-order valence-corrected chi connectivity index (χ1v) is 12.4. The van der Waals surface area contributed by atoms with Crippen molar-refractivity contribution < 1.29 is 4.74 Å². The molecule has 5 nitrogen and oxygen atoms in total. The molecule has 0 radical (unpaired) electrons. The first-order chi connectivity index (χ1) is 15.8. The fourth-order valence-electron chi connectivity index (χ4n) is 6.01. The zero-order chi connectivity index (χ0) is 21.5. The van der Waals surface area contributed by atoms with Gasteiger partial charge in [0.2, 0.25) is 0 Å². The lowest BCUT2D eigenvalue weighted by Crippen LogP contribution is -2.42. The van der Waals surface area contributed by atoms with Crippen LogP contribution in [0.5, 0.6) is 0 Å². The molecule has 32 heavy (non-hydrogen) atoms. The van der Waals surface area contributed by atoms with E-state index in [9.17, 15) is 0 Å². The van der Waals surface area contributed by atoms with Crippen LogP contribution < -0.4 is 5.32 Å². The number of H-pyrrole nitrogens is 1. The number of ether oxygens (including phenoxy) is 1. The molecule has 2 aromatic heterocycles. The van der Waals surface area contributed by atoms with Crippen LogP contribution in [0.2, 0.25) is 0 Å². The van der Waals surface area contributed by atoms with Crippen molar-refractivity contribution in [2.45, 2.75) is 64.1 Å². The molecule has 3 aliphatic rings. The van der Waals surface area contributed by atoms with Gasteiger partial charge in [0.05, 0.1) is 19.3 Å². The van der Waals surface area contributed by atoms with E-state index in [1.807, 2.05) is 12.4 Å². The van der Waals surface area contributed by atoms with Gasteiger partial charge in [-0.25, -0.2) is 4.98 Å². The summed E-state index contributed by atoms with van der Waals surface area (Å²) in [6, 6.07) is 8.19. The molecule has 1 atom stereocenters. The summed E-state index contributed by atoms with van der Waals surface area (Å²) in [5.41, 5.74) is 9.20. The van der Waals surface area contributed by atoms with Crippen LogP contribution in [0.15, 0.2) is 30.6 Å². The van der Waals surface area contributed by atoms with Gasteiger partial charge in [0, 0.05) is 49.0 Å². The molecular formula is C27H34N4O. The van der Waals surface area contributed by atoms with Crippen molar-refractivity contribution in [2.75, 3.05) is 26.3 Å². The minimum absolute atomic E-state index is 0.273. The Hall–Kier alpha value is -2.21. The highest BCUT2D eigenvalue weighted by molar-refractivity contribution is 5.84. The lowest BCUT2D eigenvalue weighted by molar-refractivity contribution is 0.0756. The topological polar surface area (TPSA) is 53.2 Å². The Balaban J connectivity index is 1.40. The van der Waals surface area contributed by atoms with E-state index in [0.29, 0.717) is 0 Å². The molecule has 1 aliphatic carbocycles. The Labute approximate surface area is 190 Å². The van der Waals surface area contributed by atoms with E-state index in [0.717, 1.165) is 44.4 Å². The van der Waals surface area contributed by atoms with E-state index in [1.165, 1.54) is 71.9 Å². The Bertz CT molecular complexity index is 1110. The van der Waals surface area contributed by atoms with E-state index < -0.39 is 0 Å². The van der Waals surface area contributed by atoms with Gasteiger partial charge in [-0.3, -0.25) is 4.90 Å². The number of fused-ring (bicyclic) bond motifs is 2. The molecule has 4 heterocycles. The summed E-state index contributed by atoms with van der Waals surface area (Å²) in [5.74, 6) is 0. The second-order valence-corrected chi connectivity index (χ2v) is 9.89. The van der Waals surface area contributed by atoms with Crippen LogP contribution in [0, 0.1) is 6.92 Å². The molecular weight excluding hydrogens is 396 g/mol. The maximum absolute atomic E-state index is 5.89. The summed E-state index contributed by atoms with van der Waals surface area (Å²) in [4.78, 5) is 10.7. The highest BCUT2D eigenvalue weighted by Crippen LogP contribution is 2.36. The molecule has 2 fully saturated rings. The minimum Gasteiger partial charge on any atom is -0.378 e. The van der Waals surface area contributed by atoms with Crippen LogP contribution in [-0.2, 0) is 17.7 Å². The zero-order valence-corrected chi connectivity index (χ0v) is 19.1. The molecule has 2 N–H and O–H groups in total. The molecule has 1 saturated heterocycles. The summed E-state index contributed by atoms with van der Waals surface area (Å²) in [7, 11) is 0. The van der Waals surface area contributed by atoms with E-state index in [-0.39, 0.29) is 6.04 Å². The van der Waals surface area contributed by atoms with E-state index in [4.69, 9.17) is 9.72 Å². The predicted molar refractivity (Wildman–Crippen MR) is 129 cm³/mol. The van der Waals surface area contributed by atoms with Gasteiger partial charge in [-0.2, -0.15) is 0 Å². The molecule has 1 unspecified atom stereocenters. The molecule has 2 aliphatic heterocycles. The Morgan fingerprint density at radius 3 is 2.84 bits per heavy atom. The molecule has 5 heteroatoms. The van der Waals surface area contributed by atoms with E-state index in [2.05, 4.69) is 40.3 Å². The second kappa shape index (κ2) is 8.62. The summed E-state index contributed by atoms with van der Waals surface area (Å²) in [6.45, 7) is 6.90. The van der Waals surface area contributed by atoms with E-state index in [1.54, 1.807) is 5.56 Å². The molecule has 0 amide bonds. The molecule has 0 spiro atoms. The molecule has 1 aromatic carbocycles. The van der Waals surface area contributed by atoms with Crippen LogP contribution in [0.25, 0.3) is 22.2 Å². The van der Waals surface area contributed by atoms with Gasteiger partial charge in [-0.05, 0) is 66.1 Å². The van der Waals surface area contributed by atoms with Gasteiger partial charge < -0.3 is 15.0 Å². The van der Waals surface area contributed by atoms with Crippen LogP contribution in [0.4, 0.5) is 0 Å². The number of aryl methyl sites for hydroxylation is 1. The van der Waals surface area contributed by atoms with Gasteiger partial charge in [0.25, 0.3) is 0 Å². The van der Waals surface area contributed by atoms with Crippen molar-refractivity contribution in [3.05, 3.63) is 52.8 Å². The molecule has 1 saturated carbocycles. The average molecular weight is 431 g/mol. The number of rotatable bonds is 3. The number of nitrogens with zero attached hydrogens (tertiary/aromatic N) is 2. The number of benzene rings is 1. The van der Waals surface area contributed by atoms with Gasteiger partial charge in [0.15, 0.2) is 0 Å². The number of morpholine rings is 1. The number of aromatic nitrogens is 2. The molecule has 168 valence electrons. The Kier molecular flexibility index (Phi) is 5.49. The SMILES string of the molecule is Cc1c[nH]c2ncc(-c3cc4c(c(C5COCCN5)c3)CN(C3CCCCC3)CC4)cc12. The largest absolute Gasteiger partial charge is 0.378 e. The van der Waals surface area contributed by atoms with Crippen LogP contribution in [-0.4, -0.2) is 47.2 Å². The number of hydrogen-bond acceptors (Lipinski definition) is 4. The van der Waals surface area contributed by atoms with Crippen LogP contribution in [0.3, 0.4) is 0 Å². The summed E-state index contributed by atoms with van der Waals surface area (Å²) in [5, 5.41) is 4.94. The maximum Gasteiger partial charge on any atom is 0.137 e. The highest BCUT2D eigenvalue weighted by Gasteiger charge is 2.29. The van der Waals surface area contributed by atoms with Gasteiger partial charge in [-0.15, -0.1) is 0 Å². The minimum atomic E-state index is 0.273. The van der Waals surface area contributed by atoms with Crippen molar-refractivity contribution in [1.82, 2.24) is 20.2 Å². The van der Waals surface area contributed by atoms with Crippen molar-refractivity contribution in [3.8, 4) is 11.1 Å². The number of hydrogen-bond donors (Lipinski definition) is 2. The van der Waals surface area contributed by atoms with Crippen LogP contribution in [0.1, 0.15) is 60.4 Å². The van der Waals surface area contributed by atoms with Crippen LogP contribution >= 0.6 is 0 Å².